The van der Waals surface area contributed by atoms with Crippen molar-refractivity contribution in [3.05, 3.63) is 23.3 Å². The molecule has 0 radical (unpaired) electrons. The molecular formula is C25H37N3O4. The number of hydrogen-bond donors (Lipinski definition) is 2. The number of aliphatic hydroxyl groups is 1. The number of ether oxygens (including phenoxy) is 1. The second-order valence-electron chi connectivity index (χ2n) is 9.87. The van der Waals surface area contributed by atoms with Crippen LogP contribution in [0.5, 0.6) is 5.75 Å². The highest BCUT2D eigenvalue weighted by atomic mass is 16.5. The first-order valence-electron chi connectivity index (χ1n) is 12.2. The first-order chi connectivity index (χ1) is 15.3. The zero-order valence-electron chi connectivity index (χ0n) is 19.4. The van der Waals surface area contributed by atoms with Crippen LogP contribution in [0.3, 0.4) is 0 Å². The fourth-order valence-electron chi connectivity index (χ4n) is 6.11. The molecule has 7 heteroatoms. The molecule has 3 aliphatic rings. The fraction of sp³-hybridized carbons (Fsp3) is 0.680. The van der Waals surface area contributed by atoms with Gasteiger partial charge in [-0.2, -0.15) is 0 Å². The first-order valence-corrected chi connectivity index (χ1v) is 12.2. The van der Waals surface area contributed by atoms with Crippen molar-refractivity contribution >= 4 is 17.7 Å². The minimum atomic E-state index is -0.793. The lowest BCUT2D eigenvalue weighted by Gasteiger charge is -2.42. The topological polar surface area (TPSA) is 96.1 Å². The van der Waals surface area contributed by atoms with Crippen LogP contribution in [0.25, 0.3) is 0 Å². The molecule has 3 fully saturated rings. The van der Waals surface area contributed by atoms with Crippen LogP contribution in [0.4, 0.5) is 10.5 Å². The number of rotatable bonds is 5. The fourth-order valence-corrected chi connectivity index (χ4v) is 6.11. The highest BCUT2D eigenvalue weighted by Gasteiger charge is 2.50. The van der Waals surface area contributed by atoms with Crippen molar-refractivity contribution in [2.75, 3.05) is 24.5 Å². The molecule has 1 saturated carbocycles. The average molecular weight is 444 g/mol. The second kappa shape index (κ2) is 9.30. The summed E-state index contributed by atoms with van der Waals surface area (Å²) >= 11 is 0. The van der Waals surface area contributed by atoms with E-state index in [1.807, 2.05) is 12.1 Å². The zero-order chi connectivity index (χ0) is 22.9. The van der Waals surface area contributed by atoms with Gasteiger partial charge in [-0.3, -0.25) is 4.79 Å². The molecule has 176 valence electrons. The van der Waals surface area contributed by atoms with E-state index in [0.29, 0.717) is 11.7 Å². The van der Waals surface area contributed by atoms with Crippen LogP contribution in [-0.2, 0) is 11.2 Å². The largest absolute Gasteiger partial charge is 0.410 e. The first kappa shape index (κ1) is 22.9. The third-order valence-corrected chi connectivity index (χ3v) is 7.81. The van der Waals surface area contributed by atoms with Crippen LogP contribution >= 0.6 is 0 Å². The van der Waals surface area contributed by atoms with Crippen LogP contribution in [0.15, 0.2) is 12.1 Å². The van der Waals surface area contributed by atoms with Crippen LogP contribution in [0, 0.1) is 12.3 Å². The molecule has 7 nitrogen and oxygen atoms in total. The van der Waals surface area contributed by atoms with Crippen LogP contribution in [0.2, 0.25) is 0 Å². The minimum absolute atomic E-state index is 0.204. The van der Waals surface area contributed by atoms with Crippen molar-refractivity contribution in [3.63, 3.8) is 0 Å². The van der Waals surface area contributed by atoms with Gasteiger partial charge in [0.25, 0.3) is 0 Å². The molecule has 4 rings (SSSR count). The van der Waals surface area contributed by atoms with Crippen LogP contribution in [-0.4, -0.2) is 53.8 Å². The van der Waals surface area contributed by atoms with Gasteiger partial charge < -0.3 is 25.4 Å². The Morgan fingerprint density at radius 3 is 2.66 bits per heavy atom. The van der Waals surface area contributed by atoms with E-state index in [1.54, 1.807) is 0 Å². The van der Waals surface area contributed by atoms with Crippen molar-refractivity contribution in [1.82, 2.24) is 4.90 Å². The number of benzene rings is 1. The number of nitrogens with zero attached hydrogens (tertiary/aromatic N) is 2. The molecule has 1 aromatic carbocycles. The lowest BCUT2D eigenvalue weighted by molar-refractivity contribution is -0.139. The third kappa shape index (κ3) is 4.32. The maximum atomic E-state index is 13.6. The molecule has 1 aliphatic carbocycles. The Labute approximate surface area is 190 Å². The van der Waals surface area contributed by atoms with Gasteiger partial charge in [0.05, 0.1) is 11.5 Å². The number of anilines is 1. The van der Waals surface area contributed by atoms with Gasteiger partial charge in [-0.05, 0) is 81.5 Å². The molecule has 1 atom stereocenters. The summed E-state index contributed by atoms with van der Waals surface area (Å²) < 4.78 is 5.26. The van der Waals surface area contributed by atoms with Gasteiger partial charge >= 0.3 is 6.09 Å². The summed E-state index contributed by atoms with van der Waals surface area (Å²) in [5.41, 5.74) is 8.20. The van der Waals surface area contributed by atoms with E-state index in [0.717, 1.165) is 94.2 Å². The Morgan fingerprint density at radius 2 is 1.97 bits per heavy atom. The van der Waals surface area contributed by atoms with Crippen LogP contribution in [0.1, 0.15) is 69.4 Å². The summed E-state index contributed by atoms with van der Waals surface area (Å²) in [5.74, 6) is 0.846. The van der Waals surface area contributed by atoms with Gasteiger partial charge in [-0.15, -0.1) is 0 Å². The van der Waals surface area contributed by atoms with E-state index in [2.05, 4.69) is 23.6 Å². The van der Waals surface area contributed by atoms with Crippen molar-refractivity contribution in [2.24, 2.45) is 11.1 Å². The predicted octanol–water partition coefficient (Wildman–Crippen LogP) is 3.53. The number of primary amides is 1. The Balaban J connectivity index is 1.55. The summed E-state index contributed by atoms with van der Waals surface area (Å²) in [4.78, 5) is 29.5. The monoisotopic (exact) mass is 443 g/mol. The number of hydrogen-bond acceptors (Lipinski definition) is 5. The Hall–Kier alpha value is -2.28. The highest BCUT2D eigenvalue weighted by Crippen LogP contribution is 2.44. The Morgan fingerprint density at radius 1 is 1.22 bits per heavy atom. The molecule has 32 heavy (non-hydrogen) atoms. The molecule has 1 aromatic rings. The highest BCUT2D eigenvalue weighted by molar-refractivity contribution is 5.86. The summed E-state index contributed by atoms with van der Waals surface area (Å²) in [5, 5.41) is 9.85. The van der Waals surface area contributed by atoms with Gasteiger partial charge in [0.15, 0.2) is 0 Å². The molecule has 0 bridgehead atoms. The predicted molar refractivity (Wildman–Crippen MR) is 124 cm³/mol. The maximum Gasteiger partial charge on any atom is 0.409 e. The standard InChI is InChI=1S/C25H37N3O4/c1-3-5-20-17(2)21(10-11-22(20)32-24(26)31)27-14-4-12-25(16-27)13-15-28(23(25)30)18-6-8-19(29)9-7-18/h10-11,18-19,29H,3-9,12-16H2,1-2H3,(H2,26,31)/t18?,19?,25-/m1/s1. The van der Waals surface area contributed by atoms with E-state index < -0.39 is 6.09 Å². The number of piperidine rings is 1. The van der Waals surface area contributed by atoms with E-state index in [1.165, 1.54) is 0 Å². The van der Waals surface area contributed by atoms with Gasteiger partial charge in [0.2, 0.25) is 5.91 Å². The quantitative estimate of drug-likeness (QED) is 0.726. The van der Waals surface area contributed by atoms with Crippen molar-refractivity contribution < 1.29 is 19.4 Å². The maximum absolute atomic E-state index is 13.6. The normalized spacial score (nSPS) is 28.4. The Bertz CT molecular complexity index is 865. The Kier molecular flexibility index (Phi) is 6.65. The van der Waals surface area contributed by atoms with E-state index in [-0.39, 0.29) is 17.6 Å². The SMILES string of the molecule is CCCc1c(OC(N)=O)ccc(N2CCC[C@@]3(CCN(C4CCC(O)CC4)C3=O)C2)c1C. The molecule has 2 saturated heterocycles. The van der Waals surface area contributed by atoms with Crippen molar-refractivity contribution in [3.8, 4) is 5.75 Å². The minimum Gasteiger partial charge on any atom is -0.410 e. The number of amides is 2. The van der Waals surface area contributed by atoms with E-state index in [9.17, 15) is 14.7 Å². The van der Waals surface area contributed by atoms with E-state index in [4.69, 9.17) is 10.5 Å². The summed E-state index contributed by atoms with van der Waals surface area (Å²) in [6, 6.07) is 4.13. The van der Waals surface area contributed by atoms with Crippen molar-refractivity contribution in [1.29, 1.82) is 0 Å². The third-order valence-electron chi connectivity index (χ3n) is 7.81. The molecule has 0 aromatic heterocycles. The van der Waals surface area contributed by atoms with Gasteiger partial charge in [-0.1, -0.05) is 13.3 Å². The molecule has 1 spiro atoms. The second-order valence-corrected chi connectivity index (χ2v) is 9.87. The van der Waals surface area contributed by atoms with Gasteiger partial charge in [0, 0.05) is 31.4 Å². The zero-order valence-corrected chi connectivity index (χ0v) is 19.4. The lowest BCUT2D eigenvalue weighted by Crippen LogP contribution is -2.50. The number of aliphatic hydroxyl groups excluding tert-OH is 1. The molecule has 3 N–H and O–H groups in total. The number of carbonyl (C=O) groups excluding carboxylic acids is 2. The smallest absolute Gasteiger partial charge is 0.409 e. The average Bonchev–Trinajstić information content (AvgIpc) is 3.06. The molecule has 2 heterocycles. The van der Waals surface area contributed by atoms with E-state index >= 15 is 0 Å². The lowest BCUT2D eigenvalue weighted by atomic mass is 9.78. The summed E-state index contributed by atoms with van der Waals surface area (Å²) in [6.07, 6.45) is 7.01. The number of likely N-dealkylation sites (tertiary alicyclic amines) is 1. The molecule has 2 aliphatic heterocycles. The summed E-state index contributed by atoms with van der Waals surface area (Å²) in [6.45, 7) is 6.67. The molecular weight excluding hydrogens is 406 g/mol. The molecule has 0 unspecified atom stereocenters. The number of carbonyl (C=O) groups is 2. The number of nitrogens with two attached hydrogens (primary N) is 1. The van der Waals surface area contributed by atoms with Gasteiger partial charge in [0.1, 0.15) is 5.75 Å². The van der Waals surface area contributed by atoms with Crippen molar-refractivity contribution in [2.45, 2.75) is 83.8 Å². The summed E-state index contributed by atoms with van der Waals surface area (Å²) in [7, 11) is 0. The van der Waals surface area contributed by atoms with Gasteiger partial charge in [-0.25, -0.2) is 4.79 Å². The van der Waals surface area contributed by atoms with Crippen LogP contribution < -0.4 is 15.4 Å². The molecule has 2 amide bonds.